The lowest BCUT2D eigenvalue weighted by atomic mass is 10.1. The van der Waals surface area contributed by atoms with Gasteiger partial charge in [-0.2, -0.15) is 0 Å². The minimum Gasteiger partial charge on any atom is -0.378 e. The molecule has 172 valence electrons. The van der Waals surface area contributed by atoms with Crippen molar-refractivity contribution in [3.8, 4) is 16.9 Å². The molecular weight excluding hydrogens is 432 g/mol. The van der Waals surface area contributed by atoms with Crippen LogP contribution in [0.2, 0.25) is 0 Å². The van der Waals surface area contributed by atoms with Gasteiger partial charge in [0.25, 0.3) is 5.91 Å². The first kappa shape index (κ1) is 20.6. The molecule has 6 rings (SSSR count). The molecule has 2 aromatic carbocycles. The van der Waals surface area contributed by atoms with E-state index in [2.05, 4.69) is 25.2 Å². The standard InChI is InChI=1S/C25H24N6O3/c32-24(27-18-5-6-18)17-3-1-16(2-4-17)21-15-26-23-22(28-21)29-25(33)31(23)20-9-7-19(8-10-20)30-11-13-34-14-12-30/h1-4,7-10,15,18H,5-6,11-14H2,(H,27,32)(H,28,29,33). The fourth-order valence-electron chi connectivity index (χ4n) is 4.19. The average molecular weight is 457 g/mol. The highest BCUT2D eigenvalue weighted by Crippen LogP contribution is 2.23. The molecule has 1 amide bonds. The summed E-state index contributed by atoms with van der Waals surface area (Å²) in [6.45, 7) is 3.15. The number of ether oxygens (including phenoxy) is 1. The van der Waals surface area contributed by atoms with Crippen LogP contribution in [0.4, 0.5) is 5.69 Å². The molecule has 3 heterocycles. The van der Waals surface area contributed by atoms with Crippen molar-refractivity contribution in [2.24, 2.45) is 0 Å². The first-order chi connectivity index (χ1) is 16.7. The Morgan fingerprint density at radius 3 is 2.41 bits per heavy atom. The molecule has 1 saturated carbocycles. The molecule has 0 radical (unpaired) electrons. The Morgan fingerprint density at radius 2 is 1.71 bits per heavy atom. The molecule has 2 aromatic heterocycles. The van der Waals surface area contributed by atoms with E-state index in [1.807, 2.05) is 36.4 Å². The highest BCUT2D eigenvalue weighted by atomic mass is 16.5. The van der Waals surface area contributed by atoms with Crippen molar-refractivity contribution in [2.45, 2.75) is 18.9 Å². The van der Waals surface area contributed by atoms with Crippen LogP contribution in [0, 0.1) is 0 Å². The number of morpholine rings is 1. The number of anilines is 1. The van der Waals surface area contributed by atoms with Crippen LogP contribution >= 0.6 is 0 Å². The van der Waals surface area contributed by atoms with Crippen LogP contribution in [-0.4, -0.2) is 57.8 Å². The Labute approximate surface area is 195 Å². The topological polar surface area (TPSA) is 105 Å². The normalized spacial score (nSPS) is 16.1. The lowest BCUT2D eigenvalue weighted by Crippen LogP contribution is -2.36. The van der Waals surface area contributed by atoms with Crippen molar-refractivity contribution in [2.75, 3.05) is 31.2 Å². The number of imidazole rings is 1. The molecule has 1 saturated heterocycles. The first-order valence-corrected chi connectivity index (χ1v) is 11.5. The zero-order valence-electron chi connectivity index (χ0n) is 18.5. The minimum absolute atomic E-state index is 0.0587. The smallest absolute Gasteiger partial charge is 0.333 e. The summed E-state index contributed by atoms with van der Waals surface area (Å²) in [5.74, 6) is -0.0587. The maximum atomic E-state index is 12.7. The molecule has 0 spiro atoms. The molecule has 4 aromatic rings. The van der Waals surface area contributed by atoms with E-state index in [-0.39, 0.29) is 11.6 Å². The Hall–Kier alpha value is -3.98. The van der Waals surface area contributed by atoms with Gasteiger partial charge in [0.15, 0.2) is 11.3 Å². The van der Waals surface area contributed by atoms with Gasteiger partial charge in [-0.05, 0) is 49.2 Å². The number of carbonyl (C=O) groups is 1. The SMILES string of the molecule is O=C(NC1CC1)c1ccc(-c2cnc3c(n2)[nH]c(=O)n3-c2ccc(N3CCOCC3)cc2)cc1. The Morgan fingerprint density at radius 1 is 1.00 bits per heavy atom. The number of nitrogens with one attached hydrogen (secondary N) is 2. The number of hydrogen-bond donors (Lipinski definition) is 2. The summed E-state index contributed by atoms with van der Waals surface area (Å²) in [7, 11) is 0. The molecule has 2 fully saturated rings. The molecule has 1 aliphatic heterocycles. The second kappa shape index (κ2) is 8.42. The van der Waals surface area contributed by atoms with Crippen molar-refractivity contribution < 1.29 is 9.53 Å². The Bertz CT molecular complexity index is 1400. The van der Waals surface area contributed by atoms with E-state index in [1.54, 1.807) is 18.3 Å². The van der Waals surface area contributed by atoms with E-state index >= 15 is 0 Å². The van der Waals surface area contributed by atoms with Gasteiger partial charge in [-0.25, -0.2) is 19.3 Å². The number of aromatic nitrogens is 4. The van der Waals surface area contributed by atoms with Crippen LogP contribution < -0.4 is 15.9 Å². The van der Waals surface area contributed by atoms with Crippen molar-refractivity contribution in [1.82, 2.24) is 24.8 Å². The highest BCUT2D eigenvalue weighted by molar-refractivity contribution is 5.95. The van der Waals surface area contributed by atoms with Crippen LogP contribution in [0.3, 0.4) is 0 Å². The van der Waals surface area contributed by atoms with E-state index < -0.39 is 0 Å². The molecule has 0 atom stereocenters. The van der Waals surface area contributed by atoms with Gasteiger partial charge in [0.2, 0.25) is 0 Å². The predicted octanol–water partition coefficient (Wildman–Crippen LogP) is 2.50. The van der Waals surface area contributed by atoms with Crippen LogP contribution in [0.25, 0.3) is 28.2 Å². The zero-order valence-corrected chi connectivity index (χ0v) is 18.5. The number of rotatable bonds is 5. The number of hydrogen-bond acceptors (Lipinski definition) is 6. The Balaban J connectivity index is 1.27. The number of carbonyl (C=O) groups excluding carboxylic acids is 1. The summed E-state index contributed by atoms with van der Waals surface area (Å²) in [6, 6.07) is 15.4. The van der Waals surface area contributed by atoms with Gasteiger partial charge in [0, 0.05) is 35.9 Å². The number of benzene rings is 2. The second-order valence-corrected chi connectivity index (χ2v) is 8.63. The van der Waals surface area contributed by atoms with Crippen LogP contribution in [0.1, 0.15) is 23.2 Å². The lowest BCUT2D eigenvalue weighted by molar-refractivity contribution is 0.0951. The maximum absolute atomic E-state index is 12.7. The summed E-state index contributed by atoms with van der Waals surface area (Å²) in [5.41, 5.74) is 4.47. The predicted molar refractivity (Wildman–Crippen MR) is 128 cm³/mol. The average Bonchev–Trinajstić information content (AvgIpc) is 3.63. The van der Waals surface area contributed by atoms with Crippen molar-refractivity contribution >= 4 is 22.9 Å². The van der Waals surface area contributed by atoms with Crippen molar-refractivity contribution in [3.05, 3.63) is 70.8 Å². The minimum atomic E-state index is -0.293. The fraction of sp³-hybridized carbons (Fsp3) is 0.280. The van der Waals surface area contributed by atoms with Gasteiger partial charge in [-0.1, -0.05) is 12.1 Å². The van der Waals surface area contributed by atoms with Crippen LogP contribution in [0.5, 0.6) is 0 Å². The van der Waals surface area contributed by atoms with Crippen molar-refractivity contribution in [1.29, 1.82) is 0 Å². The molecule has 0 bridgehead atoms. The number of aromatic amines is 1. The lowest BCUT2D eigenvalue weighted by Gasteiger charge is -2.28. The molecule has 1 aliphatic carbocycles. The van der Waals surface area contributed by atoms with Gasteiger partial charge < -0.3 is 15.0 Å². The summed E-state index contributed by atoms with van der Waals surface area (Å²) < 4.78 is 6.95. The zero-order chi connectivity index (χ0) is 23.1. The number of H-pyrrole nitrogens is 1. The van der Waals surface area contributed by atoms with E-state index in [4.69, 9.17) is 4.74 Å². The number of amides is 1. The van der Waals surface area contributed by atoms with Crippen molar-refractivity contribution in [3.63, 3.8) is 0 Å². The third kappa shape index (κ3) is 3.94. The monoisotopic (exact) mass is 456 g/mol. The highest BCUT2D eigenvalue weighted by Gasteiger charge is 2.23. The first-order valence-electron chi connectivity index (χ1n) is 11.5. The van der Waals surface area contributed by atoms with E-state index in [1.165, 1.54) is 4.57 Å². The molecule has 9 nitrogen and oxygen atoms in total. The maximum Gasteiger partial charge on any atom is 0.333 e. The largest absolute Gasteiger partial charge is 0.378 e. The van der Waals surface area contributed by atoms with Gasteiger partial charge in [-0.3, -0.25) is 9.78 Å². The quantitative estimate of drug-likeness (QED) is 0.478. The summed E-state index contributed by atoms with van der Waals surface area (Å²) in [5, 5.41) is 2.98. The van der Waals surface area contributed by atoms with Gasteiger partial charge in [-0.15, -0.1) is 0 Å². The second-order valence-electron chi connectivity index (χ2n) is 8.63. The molecule has 9 heteroatoms. The summed E-state index contributed by atoms with van der Waals surface area (Å²) in [4.78, 5) is 39.2. The van der Waals surface area contributed by atoms with Gasteiger partial charge in [0.05, 0.1) is 30.8 Å². The van der Waals surface area contributed by atoms with Gasteiger partial charge >= 0.3 is 5.69 Å². The van der Waals surface area contributed by atoms with Crippen LogP contribution in [-0.2, 0) is 4.74 Å². The summed E-state index contributed by atoms with van der Waals surface area (Å²) >= 11 is 0. The van der Waals surface area contributed by atoms with E-state index in [0.717, 1.165) is 56.1 Å². The molecule has 2 aliphatic rings. The van der Waals surface area contributed by atoms with Crippen LogP contribution in [0.15, 0.2) is 59.5 Å². The fourth-order valence-corrected chi connectivity index (χ4v) is 4.19. The number of fused-ring (bicyclic) bond motifs is 1. The van der Waals surface area contributed by atoms with E-state index in [0.29, 0.717) is 28.6 Å². The summed E-state index contributed by atoms with van der Waals surface area (Å²) in [6.07, 6.45) is 3.75. The number of nitrogens with zero attached hydrogens (tertiary/aromatic N) is 4. The third-order valence-corrected chi connectivity index (χ3v) is 6.23. The third-order valence-electron chi connectivity index (χ3n) is 6.23. The van der Waals surface area contributed by atoms with Gasteiger partial charge in [0.1, 0.15) is 0 Å². The molecular formula is C25H24N6O3. The Kier molecular flexibility index (Phi) is 5.10. The molecule has 34 heavy (non-hydrogen) atoms. The van der Waals surface area contributed by atoms with E-state index in [9.17, 15) is 9.59 Å². The molecule has 0 unspecified atom stereocenters. The molecule has 2 N–H and O–H groups in total.